The maximum atomic E-state index is 13.8. The van der Waals surface area contributed by atoms with E-state index >= 15 is 0 Å². The number of nitrogens with two attached hydrogens (primary N) is 2. The lowest BCUT2D eigenvalue weighted by Gasteiger charge is -2.40. The minimum atomic E-state index is -1.78. The second-order valence-corrected chi connectivity index (χ2v) is 16.3. The van der Waals surface area contributed by atoms with Crippen molar-refractivity contribution in [1.82, 2.24) is 20.4 Å². The Bertz CT molecular complexity index is 1920. The third kappa shape index (κ3) is 8.95. The zero-order chi connectivity index (χ0) is 43.5. The van der Waals surface area contributed by atoms with Crippen LogP contribution in [-0.4, -0.2) is 102 Å². The van der Waals surface area contributed by atoms with Gasteiger partial charge < -0.3 is 57.2 Å². The highest BCUT2D eigenvalue weighted by Gasteiger charge is 2.54. The number of rotatable bonds is 15. The zero-order valence-corrected chi connectivity index (χ0v) is 33.6. The summed E-state index contributed by atoms with van der Waals surface area (Å²) >= 11 is 0. The van der Waals surface area contributed by atoms with Crippen molar-refractivity contribution in [2.24, 2.45) is 11.5 Å². The SMILES string of the molecule is CC(C)(O)[C@H](NC(=O)O)C(=O)N1CCC[C@@]1(C(N)=O)c1ccc(CN(Cc2ccc([C@]3(C(N)=O)CCCN3C(=O)[C@@H](NC(=O)O)C(C)(C)O)cc2)c2ccccc2)cc1. The van der Waals surface area contributed by atoms with E-state index < -0.39 is 70.2 Å². The summed E-state index contributed by atoms with van der Waals surface area (Å²) in [6.45, 7) is 6.24. The van der Waals surface area contributed by atoms with E-state index in [1.807, 2.05) is 54.6 Å². The molecule has 0 aliphatic carbocycles. The summed E-state index contributed by atoms with van der Waals surface area (Å²) in [5.74, 6) is -3.12. The average Bonchev–Trinajstić information content (AvgIpc) is 3.83. The molecule has 2 aliphatic rings. The quantitative estimate of drug-likeness (QED) is 0.110. The van der Waals surface area contributed by atoms with Crippen LogP contribution in [0.5, 0.6) is 0 Å². The predicted octanol–water partition coefficient (Wildman–Crippen LogP) is 2.31. The van der Waals surface area contributed by atoms with Crippen molar-refractivity contribution in [3.8, 4) is 0 Å². The van der Waals surface area contributed by atoms with Gasteiger partial charge in [-0.1, -0.05) is 66.7 Å². The van der Waals surface area contributed by atoms with Crippen LogP contribution in [0.2, 0.25) is 0 Å². The molecule has 17 heteroatoms. The lowest BCUT2D eigenvalue weighted by Crippen LogP contribution is -2.63. The molecule has 6 amide bonds. The van der Waals surface area contributed by atoms with E-state index in [0.717, 1.165) is 16.8 Å². The molecule has 0 radical (unpaired) electrons. The molecule has 0 bridgehead atoms. The van der Waals surface area contributed by atoms with Crippen molar-refractivity contribution in [2.75, 3.05) is 18.0 Å². The third-order valence-electron chi connectivity index (χ3n) is 11.3. The monoisotopic (exact) mass is 815 g/mol. The molecule has 316 valence electrons. The Morgan fingerprint density at radius 1 is 0.644 bits per heavy atom. The van der Waals surface area contributed by atoms with Gasteiger partial charge in [0.25, 0.3) is 0 Å². The molecule has 2 fully saturated rings. The fraction of sp³-hybridized carbons (Fsp3) is 0.429. The van der Waals surface area contributed by atoms with Gasteiger partial charge in [0.1, 0.15) is 23.2 Å². The highest BCUT2D eigenvalue weighted by atomic mass is 16.4. The van der Waals surface area contributed by atoms with Crippen LogP contribution >= 0.6 is 0 Å². The van der Waals surface area contributed by atoms with Crippen molar-refractivity contribution in [1.29, 1.82) is 0 Å². The highest BCUT2D eigenvalue weighted by molar-refractivity contribution is 5.96. The Morgan fingerprint density at radius 2 is 1.00 bits per heavy atom. The van der Waals surface area contributed by atoms with Gasteiger partial charge >= 0.3 is 12.2 Å². The van der Waals surface area contributed by atoms with Gasteiger partial charge in [0, 0.05) is 31.9 Å². The number of para-hydroxylation sites is 1. The zero-order valence-electron chi connectivity index (χ0n) is 33.6. The molecule has 5 rings (SSSR count). The molecular weight excluding hydrogens is 763 g/mol. The molecule has 3 aromatic rings. The molecule has 10 N–H and O–H groups in total. The molecule has 4 atom stereocenters. The molecule has 17 nitrogen and oxygen atoms in total. The number of aliphatic hydroxyl groups is 2. The molecule has 2 heterocycles. The Balaban J connectivity index is 1.42. The van der Waals surface area contributed by atoms with Crippen LogP contribution < -0.4 is 27.0 Å². The van der Waals surface area contributed by atoms with Gasteiger partial charge in [-0.05, 0) is 87.8 Å². The van der Waals surface area contributed by atoms with E-state index in [2.05, 4.69) is 15.5 Å². The third-order valence-corrected chi connectivity index (χ3v) is 11.3. The number of benzene rings is 3. The van der Waals surface area contributed by atoms with E-state index in [0.29, 0.717) is 37.1 Å². The van der Waals surface area contributed by atoms with E-state index in [1.54, 1.807) is 24.3 Å². The first kappa shape index (κ1) is 43.9. The highest BCUT2D eigenvalue weighted by Crippen LogP contribution is 2.42. The van der Waals surface area contributed by atoms with E-state index in [-0.39, 0.29) is 25.9 Å². The number of primary amides is 2. The van der Waals surface area contributed by atoms with Gasteiger partial charge in [-0.3, -0.25) is 19.2 Å². The van der Waals surface area contributed by atoms with Crippen molar-refractivity contribution in [3.63, 3.8) is 0 Å². The number of anilines is 1. The van der Waals surface area contributed by atoms with Crippen molar-refractivity contribution in [3.05, 3.63) is 101 Å². The second-order valence-electron chi connectivity index (χ2n) is 16.3. The largest absolute Gasteiger partial charge is 0.465 e. The Labute approximate surface area is 341 Å². The molecule has 0 saturated carbocycles. The number of carbonyl (C=O) groups excluding carboxylic acids is 4. The Morgan fingerprint density at radius 3 is 1.31 bits per heavy atom. The normalized spacial score (nSPS) is 20.4. The van der Waals surface area contributed by atoms with Crippen molar-refractivity contribution in [2.45, 2.75) is 101 Å². The molecule has 0 unspecified atom stereocenters. The maximum Gasteiger partial charge on any atom is 0.405 e. The first-order valence-corrected chi connectivity index (χ1v) is 19.3. The summed E-state index contributed by atoms with van der Waals surface area (Å²) in [4.78, 5) is 81.8. The van der Waals surface area contributed by atoms with Gasteiger partial charge in [-0.2, -0.15) is 0 Å². The van der Waals surface area contributed by atoms with E-state index in [1.165, 1.54) is 37.5 Å². The summed E-state index contributed by atoms with van der Waals surface area (Å²) in [6, 6.07) is 20.7. The maximum absolute atomic E-state index is 13.8. The summed E-state index contributed by atoms with van der Waals surface area (Å²) in [7, 11) is 0. The average molecular weight is 816 g/mol. The number of carboxylic acid groups (broad SMARTS) is 2. The predicted molar refractivity (Wildman–Crippen MR) is 215 cm³/mol. The topological polar surface area (TPSA) is 269 Å². The van der Waals surface area contributed by atoms with Gasteiger partial charge in [0.05, 0.1) is 11.2 Å². The molecule has 59 heavy (non-hydrogen) atoms. The number of nitrogens with one attached hydrogen (secondary N) is 2. The summed E-state index contributed by atoms with van der Waals surface area (Å²) in [6.07, 6.45) is -1.77. The summed E-state index contributed by atoms with van der Waals surface area (Å²) < 4.78 is 0. The summed E-state index contributed by atoms with van der Waals surface area (Å²) in [5, 5.41) is 44.4. The lowest BCUT2D eigenvalue weighted by molar-refractivity contribution is -0.150. The Hall–Kier alpha value is -6.20. The van der Waals surface area contributed by atoms with Crippen LogP contribution in [0.1, 0.15) is 75.6 Å². The molecule has 0 aromatic heterocycles. The smallest absolute Gasteiger partial charge is 0.405 e. The molecule has 2 saturated heterocycles. The fourth-order valence-corrected chi connectivity index (χ4v) is 8.36. The van der Waals surface area contributed by atoms with E-state index in [4.69, 9.17) is 11.5 Å². The molecular formula is C42H53N7O10. The van der Waals surface area contributed by atoms with Crippen LogP contribution in [0.3, 0.4) is 0 Å². The minimum Gasteiger partial charge on any atom is -0.465 e. The van der Waals surface area contributed by atoms with Gasteiger partial charge in [-0.15, -0.1) is 0 Å². The number of carbonyl (C=O) groups is 6. The number of likely N-dealkylation sites (tertiary alicyclic amines) is 2. The van der Waals surface area contributed by atoms with Gasteiger partial charge in [-0.25, -0.2) is 9.59 Å². The van der Waals surface area contributed by atoms with Crippen molar-refractivity contribution < 1.29 is 49.2 Å². The van der Waals surface area contributed by atoms with Gasteiger partial charge in [0.15, 0.2) is 0 Å². The van der Waals surface area contributed by atoms with Crippen LogP contribution in [0.4, 0.5) is 15.3 Å². The lowest BCUT2D eigenvalue weighted by atomic mass is 9.84. The first-order chi connectivity index (χ1) is 27.6. The fourth-order valence-electron chi connectivity index (χ4n) is 8.36. The minimum absolute atomic E-state index is 0.121. The Kier molecular flexibility index (Phi) is 12.6. The second kappa shape index (κ2) is 17.0. The summed E-state index contributed by atoms with van der Waals surface area (Å²) in [5.41, 5.74) is 8.76. The standard InChI is InChI=1S/C42H53N7O10/c1-39(2,58)31(45-37(54)55)33(50)48-22-8-20-41(48,35(43)52)28-16-12-26(13-17-28)24-47(30-10-6-5-7-11-30)25-27-14-18-29(19-15-27)42(36(44)53)21-9-23-49(42)34(51)32(40(3,4)59)46-38(56)57/h5-7,10-19,31-32,45-46,58-59H,8-9,20-25H2,1-4H3,(H2,43,52)(H2,44,53)(H,54,55)(H,56,57)/t31-,32-,41+,42+/m1/s1. The number of hydrogen-bond donors (Lipinski definition) is 8. The van der Waals surface area contributed by atoms with Crippen molar-refractivity contribution >= 4 is 41.5 Å². The molecule has 2 aliphatic heterocycles. The number of hydrogen-bond acceptors (Lipinski definition) is 9. The van der Waals surface area contributed by atoms with Crippen LogP contribution in [0.15, 0.2) is 78.9 Å². The van der Waals surface area contributed by atoms with E-state index in [9.17, 15) is 49.2 Å². The first-order valence-electron chi connectivity index (χ1n) is 19.3. The van der Waals surface area contributed by atoms with Crippen LogP contribution in [0.25, 0.3) is 0 Å². The number of nitrogens with zero attached hydrogens (tertiary/aromatic N) is 3. The van der Waals surface area contributed by atoms with Gasteiger partial charge in [0.2, 0.25) is 23.6 Å². The van der Waals surface area contributed by atoms with Crippen LogP contribution in [-0.2, 0) is 43.3 Å². The molecule has 0 spiro atoms. The van der Waals surface area contributed by atoms with Crippen LogP contribution in [0, 0.1) is 0 Å². The number of amides is 6. The molecule has 3 aromatic carbocycles.